The molecular formula is C23H33N5O5S2. The largest absolute Gasteiger partial charge is 0.480 e. The van der Waals surface area contributed by atoms with Crippen molar-refractivity contribution in [3.8, 4) is 0 Å². The summed E-state index contributed by atoms with van der Waals surface area (Å²) in [6.45, 7) is -0.327. The van der Waals surface area contributed by atoms with Crippen molar-refractivity contribution in [1.29, 1.82) is 0 Å². The monoisotopic (exact) mass is 523 g/mol. The number of hydrogen-bond donors (Lipinski definition) is 6. The van der Waals surface area contributed by atoms with E-state index < -0.39 is 41.8 Å². The SMILES string of the molecule is CSCCC(N)C(=O)NCC(=O)NC(CCSC)C(=O)NC(Cc1c[nH]c2ccccc12)C(=O)O. The summed E-state index contributed by atoms with van der Waals surface area (Å²) >= 11 is 3.06. The Balaban J connectivity index is 1.99. The number of aromatic nitrogens is 1. The van der Waals surface area contributed by atoms with Gasteiger partial charge in [0.25, 0.3) is 0 Å². The van der Waals surface area contributed by atoms with Crippen molar-refractivity contribution in [2.75, 3.05) is 30.6 Å². The van der Waals surface area contributed by atoms with Crippen LogP contribution in [0.15, 0.2) is 30.5 Å². The first-order valence-electron chi connectivity index (χ1n) is 11.2. The van der Waals surface area contributed by atoms with Gasteiger partial charge < -0.3 is 31.8 Å². The van der Waals surface area contributed by atoms with Crippen molar-refractivity contribution >= 4 is 58.1 Å². The molecule has 3 atom stereocenters. The van der Waals surface area contributed by atoms with Gasteiger partial charge in [-0.15, -0.1) is 0 Å². The molecule has 2 rings (SSSR count). The summed E-state index contributed by atoms with van der Waals surface area (Å²) < 4.78 is 0. The second kappa shape index (κ2) is 14.6. The third-order valence-corrected chi connectivity index (χ3v) is 6.66. The number of carbonyl (C=O) groups excluding carboxylic acids is 3. The van der Waals surface area contributed by atoms with Crippen LogP contribution in [0, 0.1) is 0 Å². The summed E-state index contributed by atoms with van der Waals surface area (Å²) in [5.74, 6) is -1.47. The Kier molecular flexibility index (Phi) is 11.9. The molecule has 0 bridgehead atoms. The fourth-order valence-corrected chi connectivity index (χ4v) is 4.38. The number of amides is 3. The zero-order valence-electron chi connectivity index (χ0n) is 19.8. The number of nitrogens with two attached hydrogens (primary N) is 1. The minimum atomic E-state index is -1.18. The average molecular weight is 524 g/mol. The van der Waals surface area contributed by atoms with Crippen molar-refractivity contribution < 1.29 is 24.3 Å². The van der Waals surface area contributed by atoms with E-state index in [9.17, 15) is 24.3 Å². The summed E-state index contributed by atoms with van der Waals surface area (Å²) in [7, 11) is 0. The van der Waals surface area contributed by atoms with Crippen LogP contribution in [0.2, 0.25) is 0 Å². The van der Waals surface area contributed by atoms with E-state index in [4.69, 9.17) is 5.73 Å². The van der Waals surface area contributed by atoms with Gasteiger partial charge in [-0.05, 0) is 48.5 Å². The second-order valence-electron chi connectivity index (χ2n) is 7.97. The molecule has 35 heavy (non-hydrogen) atoms. The van der Waals surface area contributed by atoms with Gasteiger partial charge in [0, 0.05) is 23.5 Å². The number of carboxylic acid groups (broad SMARTS) is 1. The maximum absolute atomic E-state index is 12.9. The minimum Gasteiger partial charge on any atom is -0.480 e. The molecule has 0 aliphatic rings. The molecule has 0 radical (unpaired) electrons. The molecule has 192 valence electrons. The summed E-state index contributed by atoms with van der Waals surface area (Å²) in [5.41, 5.74) is 7.43. The molecular weight excluding hydrogens is 490 g/mol. The molecule has 7 N–H and O–H groups in total. The molecule has 0 saturated carbocycles. The van der Waals surface area contributed by atoms with Crippen LogP contribution in [0.4, 0.5) is 0 Å². The topological polar surface area (TPSA) is 166 Å². The third kappa shape index (κ3) is 9.11. The molecule has 1 aromatic heterocycles. The van der Waals surface area contributed by atoms with Gasteiger partial charge in [0.2, 0.25) is 17.7 Å². The number of rotatable bonds is 15. The molecule has 3 unspecified atom stereocenters. The first-order valence-corrected chi connectivity index (χ1v) is 13.9. The summed E-state index contributed by atoms with van der Waals surface area (Å²) in [5, 5.41) is 18.2. The number of thioether (sulfide) groups is 2. The van der Waals surface area contributed by atoms with Crippen molar-refractivity contribution in [3.63, 3.8) is 0 Å². The van der Waals surface area contributed by atoms with Crippen LogP contribution >= 0.6 is 23.5 Å². The lowest BCUT2D eigenvalue weighted by atomic mass is 10.0. The molecule has 0 aliphatic heterocycles. The molecule has 0 fully saturated rings. The van der Waals surface area contributed by atoms with Crippen LogP contribution in [-0.2, 0) is 25.6 Å². The highest BCUT2D eigenvalue weighted by molar-refractivity contribution is 7.98. The third-order valence-electron chi connectivity index (χ3n) is 5.37. The number of carbonyl (C=O) groups is 4. The van der Waals surface area contributed by atoms with E-state index in [-0.39, 0.29) is 13.0 Å². The number of carboxylic acids is 1. The number of aromatic amines is 1. The molecule has 0 saturated heterocycles. The maximum Gasteiger partial charge on any atom is 0.326 e. The second-order valence-corrected chi connectivity index (χ2v) is 9.94. The number of nitrogens with one attached hydrogen (secondary N) is 4. The highest BCUT2D eigenvalue weighted by Crippen LogP contribution is 2.19. The number of benzene rings is 1. The van der Waals surface area contributed by atoms with E-state index in [1.165, 1.54) is 11.8 Å². The number of fused-ring (bicyclic) bond motifs is 1. The molecule has 0 spiro atoms. The minimum absolute atomic E-state index is 0.0816. The number of hydrogen-bond acceptors (Lipinski definition) is 7. The smallest absolute Gasteiger partial charge is 0.326 e. The van der Waals surface area contributed by atoms with Crippen molar-refractivity contribution in [2.45, 2.75) is 37.4 Å². The van der Waals surface area contributed by atoms with E-state index in [0.29, 0.717) is 18.6 Å². The Bertz CT molecular complexity index is 1020. The molecule has 10 nitrogen and oxygen atoms in total. The predicted octanol–water partition coefficient (Wildman–Crippen LogP) is 0.714. The highest BCUT2D eigenvalue weighted by atomic mass is 32.2. The van der Waals surface area contributed by atoms with Gasteiger partial charge >= 0.3 is 5.97 Å². The summed E-state index contributed by atoms with van der Waals surface area (Å²) in [4.78, 5) is 52.4. The maximum atomic E-state index is 12.9. The number of H-pyrrole nitrogens is 1. The Hall–Kier alpha value is -2.70. The predicted molar refractivity (Wildman–Crippen MR) is 140 cm³/mol. The lowest BCUT2D eigenvalue weighted by Crippen LogP contribution is -2.54. The lowest BCUT2D eigenvalue weighted by Gasteiger charge is -2.21. The van der Waals surface area contributed by atoms with Gasteiger partial charge in [-0.3, -0.25) is 14.4 Å². The van der Waals surface area contributed by atoms with E-state index in [2.05, 4.69) is 20.9 Å². The zero-order chi connectivity index (χ0) is 25.8. The quantitative estimate of drug-likeness (QED) is 0.199. The number of aliphatic carboxylic acids is 1. The lowest BCUT2D eigenvalue weighted by molar-refractivity contribution is -0.142. The average Bonchev–Trinajstić information content (AvgIpc) is 3.25. The summed E-state index contributed by atoms with van der Waals surface area (Å²) in [6, 6.07) is 4.66. The summed E-state index contributed by atoms with van der Waals surface area (Å²) in [6.07, 6.45) is 6.38. The Morgan fingerprint density at radius 3 is 2.37 bits per heavy atom. The van der Waals surface area contributed by atoms with Crippen molar-refractivity contribution in [3.05, 3.63) is 36.0 Å². The zero-order valence-corrected chi connectivity index (χ0v) is 21.5. The molecule has 12 heteroatoms. The van der Waals surface area contributed by atoms with Gasteiger partial charge in [0.15, 0.2) is 0 Å². The van der Waals surface area contributed by atoms with E-state index in [1.807, 2.05) is 36.8 Å². The molecule has 2 aromatic rings. The van der Waals surface area contributed by atoms with Gasteiger partial charge in [-0.25, -0.2) is 4.79 Å². The van der Waals surface area contributed by atoms with Crippen LogP contribution in [0.1, 0.15) is 18.4 Å². The number of para-hydroxylation sites is 1. The highest BCUT2D eigenvalue weighted by Gasteiger charge is 2.27. The van der Waals surface area contributed by atoms with Crippen LogP contribution in [-0.4, -0.2) is 82.5 Å². The van der Waals surface area contributed by atoms with Gasteiger partial charge in [-0.2, -0.15) is 23.5 Å². The van der Waals surface area contributed by atoms with E-state index in [0.717, 1.165) is 22.2 Å². The Morgan fingerprint density at radius 1 is 1.00 bits per heavy atom. The molecule has 1 heterocycles. The van der Waals surface area contributed by atoms with E-state index in [1.54, 1.807) is 18.0 Å². The first kappa shape index (κ1) is 28.5. The van der Waals surface area contributed by atoms with Gasteiger partial charge in [0.1, 0.15) is 12.1 Å². The first-order chi connectivity index (χ1) is 16.8. The normalized spacial score (nSPS) is 13.6. The van der Waals surface area contributed by atoms with Crippen LogP contribution in [0.25, 0.3) is 10.9 Å². The fourth-order valence-electron chi connectivity index (χ4n) is 3.42. The van der Waals surface area contributed by atoms with Crippen LogP contribution in [0.3, 0.4) is 0 Å². The molecule has 0 aliphatic carbocycles. The fraction of sp³-hybridized carbons (Fsp3) is 0.478. The Labute approximate surface area is 212 Å². The van der Waals surface area contributed by atoms with Crippen LogP contribution < -0.4 is 21.7 Å². The van der Waals surface area contributed by atoms with E-state index >= 15 is 0 Å². The Morgan fingerprint density at radius 2 is 1.69 bits per heavy atom. The standard InChI is InChI=1S/C23H33N5O5S2/c1-34-9-7-16(24)21(30)26-13-20(29)27-18(8-10-35-2)22(31)28-19(23(32)33)11-14-12-25-17-6-4-3-5-15(14)17/h3-6,12,16,18-19,25H,7-11,13,24H2,1-2H3,(H,26,30)(H,27,29)(H,28,31)(H,32,33). The molecule has 1 aromatic carbocycles. The van der Waals surface area contributed by atoms with Gasteiger partial charge in [0.05, 0.1) is 12.6 Å². The van der Waals surface area contributed by atoms with Gasteiger partial charge in [-0.1, -0.05) is 18.2 Å². The van der Waals surface area contributed by atoms with Crippen LogP contribution in [0.5, 0.6) is 0 Å². The van der Waals surface area contributed by atoms with Crippen molar-refractivity contribution in [1.82, 2.24) is 20.9 Å². The van der Waals surface area contributed by atoms with Crippen molar-refractivity contribution in [2.24, 2.45) is 5.73 Å². The molecule has 3 amide bonds.